The fourth-order valence-electron chi connectivity index (χ4n) is 2.18. The molecule has 0 aliphatic carbocycles. The second-order valence-corrected chi connectivity index (χ2v) is 6.60. The number of aromatic amines is 1. The monoisotopic (exact) mass is 401 g/mol. The highest BCUT2D eigenvalue weighted by Crippen LogP contribution is 2.33. The predicted molar refractivity (Wildman–Crippen MR) is 90.9 cm³/mol. The molecule has 3 rings (SSSR count). The quantitative estimate of drug-likeness (QED) is 0.514. The van der Waals surface area contributed by atoms with Gasteiger partial charge in [-0.3, -0.25) is 4.79 Å². The van der Waals surface area contributed by atoms with Crippen LogP contribution in [0, 0.1) is 0 Å². The van der Waals surface area contributed by atoms with Crippen LogP contribution in [0.4, 0.5) is 0 Å². The summed E-state index contributed by atoms with van der Waals surface area (Å²) in [7, 11) is 0. The fraction of sp³-hybridized carbons (Fsp3) is 0. The molecule has 6 heteroatoms. The van der Waals surface area contributed by atoms with Crippen molar-refractivity contribution in [1.29, 1.82) is 0 Å². The first-order valence-corrected chi connectivity index (χ1v) is 7.86. The third kappa shape index (κ3) is 2.71. The molecule has 1 N–H and O–H groups in total. The molecule has 0 spiro atoms. The maximum absolute atomic E-state index is 12.7. The number of rotatable bonds is 2. The van der Waals surface area contributed by atoms with Crippen LogP contribution in [0.25, 0.3) is 10.9 Å². The Morgan fingerprint density at radius 3 is 2.52 bits per heavy atom. The summed E-state index contributed by atoms with van der Waals surface area (Å²) in [5, 5.41) is 2.09. The summed E-state index contributed by atoms with van der Waals surface area (Å²) < 4.78 is 0.677. The van der Waals surface area contributed by atoms with E-state index >= 15 is 0 Å². The first-order valence-electron chi connectivity index (χ1n) is 5.93. The maximum Gasteiger partial charge on any atom is 0.196 e. The number of nitrogens with one attached hydrogen (secondary N) is 1. The molecule has 0 aliphatic rings. The number of carbonyl (C=O) groups excluding carboxylic acids is 1. The van der Waals surface area contributed by atoms with Crippen LogP contribution in [0.1, 0.15) is 15.9 Å². The average Bonchev–Trinajstić information content (AvgIpc) is 2.84. The molecule has 2 aromatic carbocycles. The minimum atomic E-state index is -0.167. The molecule has 2 nitrogen and oxygen atoms in total. The molecular formula is C15H7BrCl3NO. The minimum Gasteiger partial charge on any atom is -0.360 e. The third-order valence-electron chi connectivity index (χ3n) is 3.11. The zero-order valence-electron chi connectivity index (χ0n) is 10.4. The summed E-state index contributed by atoms with van der Waals surface area (Å²) in [5.74, 6) is -0.167. The molecule has 1 aromatic heterocycles. The molecule has 21 heavy (non-hydrogen) atoms. The van der Waals surface area contributed by atoms with E-state index in [0.29, 0.717) is 41.6 Å². The van der Waals surface area contributed by atoms with Gasteiger partial charge in [0.1, 0.15) is 0 Å². The summed E-state index contributed by atoms with van der Waals surface area (Å²) in [6, 6.07) is 8.42. The third-order valence-corrected chi connectivity index (χ3v) is 4.56. The molecule has 0 bridgehead atoms. The zero-order chi connectivity index (χ0) is 15.1. The van der Waals surface area contributed by atoms with E-state index in [1.165, 1.54) is 0 Å². The van der Waals surface area contributed by atoms with Gasteiger partial charge in [-0.1, -0.05) is 50.7 Å². The number of halogens is 4. The Morgan fingerprint density at radius 1 is 1.00 bits per heavy atom. The Bertz CT molecular complexity index is 873. The lowest BCUT2D eigenvalue weighted by Crippen LogP contribution is -2.01. The Hall–Kier alpha value is -1.000. The van der Waals surface area contributed by atoms with Crippen LogP contribution >= 0.6 is 50.7 Å². The maximum atomic E-state index is 12.7. The van der Waals surface area contributed by atoms with Crippen molar-refractivity contribution in [2.24, 2.45) is 0 Å². The van der Waals surface area contributed by atoms with Crippen molar-refractivity contribution in [1.82, 2.24) is 4.98 Å². The van der Waals surface area contributed by atoms with E-state index in [-0.39, 0.29) is 5.78 Å². The highest BCUT2D eigenvalue weighted by Gasteiger charge is 2.19. The molecule has 1 heterocycles. The highest BCUT2D eigenvalue weighted by atomic mass is 79.9. The molecule has 0 radical (unpaired) electrons. The number of ketones is 1. The number of benzene rings is 2. The molecule has 0 amide bonds. The largest absolute Gasteiger partial charge is 0.360 e. The molecule has 3 aromatic rings. The summed E-state index contributed by atoms with van der Waals surface area (Å²) in [4.78, 5) is 15.7. The lowest BCUT2D eigenvalue weighted by Gasteiger charge is -2.05. The van der Waals surface area contributed by atoms with Crippen molar-refractivity contribution in [3.8, 4) is 0 Å². The zero-order valence-corrected chi connectivity index (χ0v) is 14.2. The molecule has 0 fully saturated rings. The summed E-state index contributed by atoms with van der Waals surface area (Å²) in [6.45, 7) is 0. The first-order chi connectivity index (χ1) is 9.97. The van der Waals surface area contributed by atoms with Crippen molar-refractivity contribution in [3.63, 3.8) is 0 Å². The van der Waals surface area contributed by atoms with E-state index < -0.39 is 0 Å². The van der Waals surface area contributed by atoms with E-state index in [0.717, 1.165) is 0 Å². The number of aromatic nitrogens is 1. The van der Waals surface area contributed by atoms with Crippen LogP contribution in [0.3, 0.4) is 0 Å². The van der Waals surface area contributed by atoms with E-state index in [1.807, 2.05) is 0 Å². The molecule has 0 aliphatic heterocycles. The second-order valence-electron chi connectivity index (χ2n) is 4.47. The number of hydrogen-bond donors (Lipinski definition) is 1. The fourth-order valence-corrected chi connectivity index (χ4v) is 3.37. The van der Waals surface area contributed by atoms with Crippen molar-refractivity contribution in [2.45, 2.75) is 0 Å². The van der Waals surface area contributed by atoms with Crippen molar-refractivity contribution in [3.05, 3.63) is 67.2 Å². The van der Waals surface area contributed by atoms with Crippen LogP contribution in [-0.4, -0.2) is 10.8 Å². The second kappa shape index (κ2) is 5.65. The van der Waals surface area contributed by atoms with Gasteiger partial charge in [-0.2, -0.15) is 0 Å². The van der Waals surface area contributed by atoms with E-state index in [4.69, 9.17) is 34.8 Å². The average molecular weight is 403 g/mol. The van der Waals surface area contributed by atoms with Crippen molar-refractivity contribution >= 4 is 67.4 Å². The first kappa shape index (κ1) is 14.9. The van der Waals surface area contributed by atoms with Gasteiger partial charge in [-0.25, -0.2) is 0 Å². The molecule has 0 atom stereocenters. The topological polar surface area (TPSA) is 32.9 Å². The van der Waals surface area contributed by atoms with Gasteiger partial charge < -0.3 is 4.98 Å². The van der Waals surface area contributed by atoms with Gasteiger partial charge in [0.05, 0.1) is 5.02 Å². The van der Waals surface area contributed by atoms with Crippen LogP contribution in [0.2, 0.25) is 15.1 Å². The number of carbonyl (C=O) groups is 1. The standard InChI is InChI=1S/C15H7BrCl3NO/c16-11-2-1-7(17)3-9(11)15(21)10-6-20-13-5-8(18)4-12(19)14(10)13/h1-6,20H. The van der Waals surface area contributed by atoms with Crippen LogP contribution < -0.4 is 0 Å². The summed E-state index contributed by atoms with van der Waals surface area (Å²) in [5.41, 5.74) is 1.68. The Kier molecular flexibility index (Phi) is 4.02. The summed E-state index contributed by atoms with van der Waals surface area (Å²) >= 11 is 21.5. The van der Waals surface area contributed by atoms with Gasteiger partial charge in [0.25, 0.3) is 0 Å². The van der Waals surface area contributed by atoms with Gasteiger partial charge in [-0.15, -0.1) is 0 Å². The molecule has 0 unspecified atom stereocenters. The predicted octanol–water partition coefficient (Wildman–Crippen LogP) is 6.12. The molecule has 0 saturated heterocycles. The Morgan fingerprint density at radius 2 is 1.76 bits per heavy atom. The number of H-pyrrole nitrogens is 1. The van der Waals surface area contributed by atoms with Gasteiger partial charge >= 0.3 is 0 Å². The van der Waals surface area contributed by atoms with Gasteiger partial charge in [0.15, 0.2) is 5.78 Å². The Balaban J connectivity index is 2.21. The van der Waals surface area contributed by atoms with E-state index in [9.17, 15) is 4.79 Å². The smallest absolute Gasteiger partial charge is 0.196 e. The molecule has 106 valence electrons. The minimum absolute atomic E-state index is 0.167. The van der Waals surface area contributed by atoms with Crippen LogP contribution in [-0.2, 0) is 0 Å². The normalized spacial score (nSPS) is 11.0. The van der Waals surface area contributed by atoms with Crippen molar-refractivity contribution in [2.75, 3.05) is 0 Å². The lowest BCUT2D eigenvalue weighted by atomic mass is 10.0. The van der Waals surface area contributed by atoms with E-state index in [2.05, 4.69) is 20.9 Å². The van der Waals surface area contributed by atoms with Crippen LogP contribution in [0.5, 0.6) is 0 Å². The van der Waals surface area contributed by atoms with Gasteiger partial charge in [0.2, 0.25) is 0 Å². The number of fused-ring (bicyclic) bond motifs is 1. The highest BCUT2D eigenvalue weighted by molar-refractivity contribution is 9.10. The number of hydrogen-bond acceptors (Lipinski definition) is 1. The summed E-state index contributed by atoms with van der Waals surface area (Å²) in [6.07, 6.45) is 1.63. The molecular weight excluding hydrogens is 396 g/mol. The molecule has 0 saturated carbocycles. The Labute approximate surface area is 144 Å². The van der Waals surface area contributed by atoms with E-state index in [1.54, 1.807) is 36.5 Å². The van der Waals surface area contributed by atoms with Gasteiger partial charge in [-0.05, 0) is 30.3 Å². The van der Waals surface area contributed by atoms with Crippen LogP contribution in [0.15, 0.2) is 41.0 Å². The van der Waals surface area contributed by atoms with Gasteiger partial charge in [0, 0.05) is 42.7 Å². The lowest BCUT2D eigenvalue weighted by molar-refractivity contribution is 0.103. The SMILES string of the molecule is O=C(c1cc(Cl)ccc1Br)c1c[nH]c2cc(Cl)cc(Cl)c12. The van der Waals surface area contributed by atoms with Crippen molar-refractivity contribution < 1.29 is 4.79 Å².